The molecule has 1 rings (SSSR count). The van der Waals surface area contributed by atoms with Crippen LogP contribution in [-0.2, 0) is 0 Å². The normalized spacial score (nSPS) is 12.5. The van der Waals surface area contributed by atoms with Crippen molar-refractivity contribution in [3.63, 3.8) is 0 Å². The molecule has 1 aromatic rings. The van der Waals surface area contributed by atoms with Crippen molar-refractivity contribution in [1.82, 2.24) is 0 Å². The van der Waals surface area contributed by atoms with Gasteiger partial charge in [-0.25, -0.2) is 0 Å². The molecule has 0 fully saturated rings. The fraction of sp³-hybridized carbons (Fsp3) is 0.455. The maximum absolute atomic E-state index is 9.04. The zero-order valence-electron chi connectivity index (χ0n) is 8.54. The Morgan fingerprint density at radius 3 is 2.40 bits per heavy atom. The van der Waals surface area contributed by atoms with Gasteiger partial charge in [-0.15, -0.1) is 0 Å². The van der Waals surface area contributed by atoms with Crippen LogP contribution in [0.15, 0.2) is 18.2 Å². The fourth-order valence-corrected chi connectivity index (χ4v) is 1.69. The average Bonchev–Trinajstić information content (AvgIpc) is 2.10. The standard InChI is InChI=1S/C11H14Cl2O2/c1-8(14)3-2-4-15-11-6-9(12)5-10(13)7-11/h5-8,14H,2-4H2,1H3. The molecule has 2 nitrogen and oxygen atoms in total. The molecule has 0 aromatic heterocycles. The van der Waals surface area contributed by atoms with Crippen LogP contribution in [0.25, 0.3) is 0 Å². The molecule has 84 valence electrons. The summed E-state index contributed by atoms with van der Waals surface area (Å²) in [6.45, 7) is 2.32. The molecule has 0 amide bonds. The van der Waals surface area contributed by atoms with E-state index in [1.54, 1.807) is 25.1 Å². The molecule has 0 saturated heterocycles. The number of hydrogen-bond acceptors (Lipinski definition) is 2. The molecule has 1 unspecified atom stereocenters. The highest BCUT2D eigenvalue weighted by Gasteiger charge is 2.00. The summed E-state index contributed by atoms with van der Waals surface area (Å²) >= 11 is 11.6. The van der Waals surface area contributed by atoms with Crippen LogP contribution in [0.3, 0.4) is 0 Å². The number of ether oxygens (including phenoxy) is 1. The first-order chi connectivity index (χ1) is 7.08. The van der Waals surface area contributed by atoms with Crippen molar-refractivity contribution < 1.29 is 9.84 Å². The Morgan fingerprint density at radius 1 is 1.27 bits per heavy atom. The molecule has 0 aliphatic carbocycles. The van der Waals surface area contributed by atoms with Gasteiger partial charge < -0.3 is 9.84 Å². The molecule has 1 atom stereocenters. The number of benzene rings is 1. The van der Waals surface area contributed by atoms with E-state index < -0.39 is 0 Å². The molecule has 0 bridgehead atoms. The first kappa shape index (κ1) is 12.6. The van der Waals surface area contributed by atoms with E-state index in [1.807, 2.05) is 0 Å². The van der Waals surface area contributed by atoms with E-state index in [2.05, 4.69) is 0 Å². The second-order valence-corrected chi connectivity index (χ2v) is 4.32. The summed E-state index contributed by atoms with van der Waals surface area (Å²) in [7, 11) is 0. The first-order valence-corrected chi connectivity index (χ1v) is 5.60. The van der Waals surface area contributed by atoms with Gasteiger partial charge in [0.25, 0.3) is 0 Å². The van der Waals surface area contributed by atoms with Crippen molar-refractivity contribution in [3.8, 4) is 5.75 Å². The van der Waals surface area contributed by atoms with Crippen LogP contribution in [0.2, 0.25) is 10.0 Å². The molecule has 0 aliphatic rings. The van der Waals surface area contributed by atoms with Crippen LogP contribution in [0.1, 0.15) is 19.8 Å². The van der Waals surface area contributed by atoms with Crippen molar-refractivity contribution in [1.29, 1.82) is 0 Å². The predicted octanol–water partition coefficient (Wildman–Crippen LogP) is 3.53. The summed E-state index contributed by atoms with van der Waals surface area (Å²) in [6, 6.07) is 5.09. The van der Waals surface area contributed by atoms with Gasteiger partial charge in [-0.2, -0.15) is 0 Å². The number of rotatable bonds is 5. The topological polar surface area (TPSA) is 29.5 Å². The lowest BCUT2D eigenvalue weighted by Gasteiger charge is -2.08. The zero-order chi connectivity index (χ0) is 11.3. The van der Waals surface area contributed by atoms with Crippen LogP contribution in [-0.4, -0.2) is 17.8 Å². The van der Waals surface area contributed by atoms with Crippen LogP contribution in [0.4, 0.5) is 0 Å². The maximum Gasteiger partial charge on any atom is 0.122 e. The first-order valence-electron chi connectivity index (χ1n) is 4.85. The average molecular weight is 249 g/mol. The van der Waals surface area contributed by atoms with Gasteiger partial charge in [0.1, 0.15) is 5.75 Å². The highest BCUT2D eigenvalue weighted by atomic mass is 35.5. The van der Waals surface area contributed by atoms with Crippen molar-refractivity contribution in [2.45, 2.75) is 25.9 Å². The van der Waals surface area contributed by atoms with E-state index in [9.17, 15) is 0 Å². The molecule has 4 heteroatoms. The van der Waals surface area contributed by atoms with E-state index in [1.165, 1.54) is 0 Å². The maximum atomic E-state index is 9.04. The summed E-state index contributed by atoms with van der Waals surface area (Å²) in [6.07, 6.45) is 1.26. The molecular weight excluding hydrogens is 235 g/mol. The summed E-state index contributed by atoms with van der Waals surface area (Å²) in [5.41, 5.74) is 0. The van der Waals surface area contributed by atoms with Crippen molar-refractivity contribution in [3.05, 3.63) is 28.2 Å². The monoisotopic (exact) mass is 248 g/mol. The lowest BCUT2D eigenvalue weighted by Crippen LogP contribution is -2.04. The Labute approximate surface area is 99.8 Å². The highest BCUT2D eigenvalue weighted by molar-refractivity contribution is 6.34. The van der Waals surface area contributed by atoms with Gasteiger partial charge in [-0.05, 0) is 38.0 Å². The molecule has 0 spiro atoms. The third-order valence-electron chi connectivity index (χ3n) is 1.87. The minimum Gasteiger partial charge on any atom is -0.493 e. The Kier molecular flexibility index (Phi) is 5.23. The Morgan fingerprint density at radius 2 is 1.87 bits per heavy atom. The van der Waals surface area contributed by atoms with Gasteiger partial charge in [0.05, 0.1) is 12.7 Å². The molecule has 15 heavy (non-hydrogen) atoms. The third kappa shape index (κ3) is 5.26. The van der Waals surface area contributed by atoms with Crippen LogP contribution < -0.4 is 4.74 Å². The van der Waals surface area contributed by atoms with E-state index >= 15 is 0 Å². The zero-order valence-corrected chi connectivity index (χ0v) is 10.1. The molecule has 1 N–H and O–H groups in total. The molecule has 0 radical (unpaired) electrons. The van der Waals surface area contributed by atoms with Gasteiger partial charge >= 0.3 is 0 Å². The Bertz CT molecular complexity index is 293. The van der Waals surface area contributed by atoms with Gasteiger partial charge in [-0.3, -0.25) is 0 Å². The predicted molar refractivity (Wildman–Crippen MR) is 62.9 cm³/mol. The minimum atomic E-state index is -0.281. The molecular formula is C11H14Cl2O2. The number of aliphatic hydroxyl groups is 1. The minimum absolute atomic E-state index is 0.281. The second-order valence-electron chi connectivity index (χ2n) is 3.44. The van der Waals surface area contributed by atoms with E-state index in [4.69, 9.17) is 33.0 Å². The summed E-state index contributed by atoms with van der Waals surface area (Å²) in [5, 5.41) is 10.2. The van der Waals surface area contributed by atoms with E-state index in [-0.39, 0.29) is 6.10 Å². The SMILES string of the molecule is CC(O)CCCOc1cc(Cl)cc(Cl)c1. The van der Waals surface area contributed by atoms with Gasteiger partial charge in [-0.1, -0.05) is 23.2 Å². The Hall–Kier alpha value is -0.440. The van der Waals surface area contributed by atoms with E-state index in [0.717, 1.165) is 12.8 Å². The van der Waals surface area contributed by atoms with Gasteiger partial charge in [0, 0.05) is 10.0 Å². The van der Waals surface area contributed by atoms with E-state index in [0.29, 0.717) is 22.4 Å². The quantitative estimate of drug-likeness (QED) is 0.809. The molecule has 0 aliphatic heterocycles. The second kappa shape index (κ2) is 6.21. The molecule has 1 aromatic carbocycles. The van der Waals surface area contributed by atoms with Crippen molar-refractivity contribution in [2.24, 2.45) is 0 Å². The smallest absolute Gasteiger partial charge is 0.122 e. The third-order valence-corrected chi connectivity index (χ3v) is 2.31. The van der Waals surface area contributed by atoms with Crippen LogP contribution in [0.5, 0.6) is 5.75 Å². The number of hydrogen-bond donors (Lipinski definition) is 1. The van der Waals surface area contributed by atoms with Crippen LogP contribution >= 0.6 is 23.2 Å². The Balaban J connectivity index is 2.37. The fourth-order valence-electron chi connectivity index (χ4n) is 1.18. The molecule has 0 heterocycles. The summed E-state index contributed by atoms with van der Waals surface area (Å²) in [4.78, 5) is 0. The highest BCUT2D eigenvalue weighted by Crippen LogP contribution is 2.24. The number of aliphatic hydroxyl groups excluding tert-OH is 1. The lowest BCUT2D eigenvalue weighted by molar-refractivity contribution is 0.170. The number of halogens is 2. The van der Waals surface area contributed by atoms with Crippen molar-refractivity contribution in [2.75, 3.05) is 6.61 Å². The van der Waals surface area contributed by atoms with Crippen LogP contribution in [0, 0.1) is 0 Å². The summed E-state index contributed by atoms with van der Waals surface area (Å²) < 4.78 is 5.44. The van der Waals surface area contributed by atoms with Crippen molar-refractivity contribution >= 4 is 23.2 Å². The van der Waals surface area contributed by atoms with Gasteiger partial charge in [0.2, 0.25) is 0 Å². The largest absolute Gasteiger partial charge is 0.493 e. The van der Waals surface area contributed by atoms with Gasteiger partial charge in [0.15, 0.2) is 0 Å². The lowest BCUT2D eigenvalue weighted by atomic mass is 10.2. The molecule has 0 saturated carbocycles. The summed E-state index contributed by atoms with van der Waals surface area (Å²) in [5.74, 6) is 0.665.